The molecule has 0 saturated heterocycles. The zero-order valence-corrected chi connectivity index (χ0v) is 13.9. The number of benzene rings is 1. The summed E-state index contributed by atoms with van der Waals surface area (Å²) in [6.07, 6.45) is 0.875. The number of nitrogen functional groups attached to an aromatic ring is 1. The van der Waals surface area contributed by atoms with Crippen LogP contribution in [0.1, 0.15) is 19.0 Å². The topological polar surface area (TPSA) is 111 Å². The van der Waals surface area contributed by atoms with Crippen molar-refractivity contribution < 1.29 is 4.74 Å². The van der Waals surface area contributed by atoms with Crippen molar-refractivity contribution in [3.8, 4) is 17.1 Å². The molecule has 0 radical (unpaired) electrons. The third-order valence-corrected chi connectivity index (χ3v) is 3.73. The number of fused-ring (bicyclic) bond motifs is 1. The summed E-state index contributed by atoms with van der Waals surface area (Å²) in [7, 11) is 1.76. The highest BCUT2D eigenvalue weighted by atomic mass is 16.5. The monoisotopic (exact) mass is 328 g/mol. The second-order valence-corrected chi connectivity index (χ2v) is 5.53. The minimum atomic E-state index is -0.229. The van der Waals surface area contributed by atoms with E-state index in [4.69, 9.17) is 10.6 Å². The molecular formula is C16H20N6O2. The van der Waals surface area contributed by atoms with Crippen molar-refractivity contribution in [2.45, 2.75) is 20.3 Å². The van der Waals surface area contributed by atoms with E-state index >= 15 is 0 Å². The van der Waals surface area contributed by atoms with Crippen LogP contribution in [-0.4, -0.2) is 26.4 Å². The van der Waals surface area contributed by atoms with E-state index in [2.05, 4.69) is 20.5 Å². The summed E-state index contributed by atoms with van der Waals surface area (Å²) in [6, 6.07) is 5.40. The van der Waals surface area contributed by atoms with Crippen LogP contribution >= 0.6 is 0 Å². The van der Waals surface area contributed by atoms with Gasteiger partial charge in [-0.25, -0.2) is 9.67 Å². The predicted octanol–water partition coefficient (Wildman–Crippen LogP) is 1.71. The number of hydrazine groups is 1. The predicted molar refractivity (Wildman–Crippen MR) is 92.9 cm³/mol. The molecule has 126 valence electrons. The van der Waals surface area contributed by atoms with Crippen LogP contribution in [0.25, 0.3) is 22.4 Å². The average Bonchev–Trinajstić information content (AvgIpc) is 2.87. The molecule has 0 saturated carbocycles. The number of H-pyrrole nitrogens is 1. The Labute approximate surface area is 138 Å². The molecular weight excluding hydrogens is 308 g/mol. The SMILES string of the molecule is CCCOc1ccc(NN)cc1-c1nc2c(c(C)nn2C)c(=O)[nH]1. The molecule has 0 bridgehead atoms. The highest BCUT2D eigenvalue weighted by Crippen LogP contribution is 2.30. The van der Waals surface area contributed by atoms with Crippen LogP contribution in [0.3, 0.4) is 0 Å². The first-order valence-electron chi connectivity index (χ1n) is 7.72. The fourth-order valence-corrected chi connectivity index (χ4v) is 2.61. The van der Waals surface area contributed by atoms with E-state index in [1.165, 1.54) is 0 Å². The minimum absolute atomic E-state index is 0.229. The van der Waals surface area contributed by atoms with Crippen LogP contribution in [0.4, 0.5) is 5.69 Å². The first-order chi connectivity index (χ1) is 11.5. The maximum Gasteiger partial charge on any atom is 0.262 e. The van der Waals surface area contributed by atoms with Gasteiger partial charge in [0.25, 0.3) is 5.56 Å². The molecule has 0 amide bonds. The van der Waals surface area contributed by atoms with Crippen molar-refractivity contribution in [3.05, 3.63) is 34.2 Å². The van der Waals surface area contributed by atoms with Gasteiger partial charge >= 0.3 is 0 Å². The molecule has 8 nitrogen and oxygen atoms in total. The van der Waals surface area contributed by atoms with Gasteiger partial charge in [0.2, 0.25) is 0 Å². The molecule has 0 atom stereocenters. The second-order valence-electron chi connectivity index (χ2n) is 5.53. The van der Waals surface area contributed by atoms with Crippen LogP contribution in [0.5, 0.6) is 5.75 Å². The molecule has 4 N–H and O–H groups in total. The third kappa shape index (κ3) is 2.71. The molecule has 0 aliphatic heterocycles. The number of nitrogens with zero attached hydrogens (tertiary/aromatic N) is 3. The zero-order valence-electron chi connectivity index (χ0n) is 13.9. The molecule has 3 aromatic rings. The fraction of sp³-hybridized carbons (Fsp3) is 0.312. The Bertz CT molecular complexity index is 944. The van der Waals surface area contributed by atoms with Gasteiger partial charge in [0.05, 0.1) is 17.9 Å². The van der Waals surface area contributed by atoms with Crippen molar-refractivity contribution in [1.29, 1.82) is 0 Å². The lowest BCUT2D eigenvalue weighted by molar-refractivity contribution is 0.318. The zero-order chi connectivity index (χ0) is 17.3. The van der Waals surface area contributed by atoms with Crippen LogP contribution in [0, 0.1) is 6.92 Å². The Kier molecular flexibility index (Phi) is 4.22. The average molecular weight is 328 g/mol. The first kappa shape index (κ1) is 16.0. The van der Waals surface area contributed by atoms with Crippen LogP contribution in [0.15, 0.2) is 23.0 Å². The van der Waals surface area contributed by atoms with Gasteiger partial charge in [-0.1, -0.05) is 6.92 Å². The molecule has 8 heteroatoms. The first-order valence-corrected chi connectivity index (χ1v) is 7.72. The van der Waals surface area contributed by atoms with E-state index in [9.17, 15) is 4.79 Å². The quantitative estimate of drug-likeness (QED) is 0.486. The van der Waals surface area contributed by atoms with E-state index in [0.29, 0.717) is 46.2 Å². The van der Waals surface area contributed by atoms with Gasteiger partial charge in [-0.15, -0.1) is 0 Å². The molecule has 1 aromatic carbocycles. The van der Waals surface area contributed by atoms with Crippen molar-refractivity contribution in [2.75, 3.05) is 12.0 Å². The highest BCUT2D eigenvalue weighted by Gasteiger charge is 2.16. The maximum absolute atomic E-state index is 12.5. The van der Waals surface area contributed by atoms with Gasteiger partial charge in [-0.3, -0.25) is 10.6 Å². The number of aryl methyl sites for hydroxylation is 2. The Morgan fingerprint density at radius 2 is 2.21 bits per heavy atom. The summed E-state index contributed by atoms with van der Waals surface area (Å²) in [5.41, 5.74) is 4.89. The van der Waals surface area contributed by atoms with E-state index in [-0.39, 0.29) is 5.56 Å². The number of aromatic nitrogens is 4. The van der Waals surface area contributed by atoms with Gasteiger partial charge in [0.1, 0.15) is 17.0 Å². The number of hydrogen-bond acceptors (Lipinski definition) is 6. The Hall–Kier alpha value is -2.87. The van der Waals surface area contributed by atoms with E-state index in [1.807, 2.05) is 6.92 Å². The number of hydrogen-bond donors (Lipinski definition) is 3. The van der Waals surface area contributed by atoms with Crippen LogP contribution in [-0.2, 0) is 7.05 Å². The van der Waals surface area contributed by atoms with E-state index in [0.717, 1.165) is 6.42 Å². The summed E-state index contributed by atoms with van der Waals surface area (Å²) in [4.78, 5) is 19.8. The number of ether oxygens (including phenoxy) is 1. The Morgan fingerprint density at radius 3 is 2.92 bits per heavy atom. The van der Waals surface area contributed by atoms with Gasteiger partial charge in [0.15, 0.2) is 5.65 Å². The number of anilines is 1. The number of nitrogens with one attached hydrogen (secondary N) is 2. The number of aromatic amines is 1. The molecule has 24 heavy (non-hydrogen) atoms. The molecule has 2 aromatic heterocycles. The minimum Gasteiger partial charge on any atom is -0.493 e. The third-order valence-electron chi connectivity index (χ3n) is 3.73. The molecule has 0 aliphatic carbocycles. The molecule has 3 rings (SSSR count). The fourth-order valence-electron chi connectivity index (χ4n) is 2.61. The Balaban J connectivity index is 2.22. The smallest absolute Gasteiger partial charge is 0.262 e. The van der Waals surface area contributed by atoms with Gasteiger partial charge in [0, 0.05) is 12.7 Å². The van der Waals surface area contributed by atoms with E-state index < -0.39 is 0 Å². The maximum atomic E-state index is 12.5. The van der Waals surface area contributed by atoms with Crippen molar-refractivity contribution in [3.63, 3.8) is 0 Å². The lowest BCUT2D eigenvalue weighted by Crippen LogP contribution is -2.12. The van der Waals surface area contributed by atoms with Gasteiger partial charge < -0.3 is 15.1 Å². The van der Waals surface area contributed by atoms with Gasteiger partial charge in [-0.2, -0.15) is 5.10 Å². The number of rotatable bonds is 5. The normalized spacial score (nSPS) is 11.0. The largest absolute Gasteiger partial charge is 0.493 e. The highest BCUT2D eigenvalue weighted by molar-refractivity contribution is 5.80. The molecule has 2 heterocycles. The van der Waals surface area contributed by atoms with Crippen molar-refractivity contribution >= 4 is 16.7 Å². The second kappa shape index (κ2) is 6.32. The van der Waals surface area contributed by atoms with Crippen LogP contribution < -0.4 is 21.6 Å². The van der Waals surface area contributed by atoms with Crippen LogP contribution in [0.2, 0.25) is 0 Å². The lowest BCUT2D eigenvalue weighted by atomic mass is 10.1. The standard InChI is InChI=1S/C16H20N6O2/c1-4-7-24-12-6-5-10(20-17)8-11(12)14-18-15-13(16(23)19-14)9(2)21-22(15)3/h5-6,8,20H,4,7,17H2,1-3H3,(H,18,19,23). The number of nitrogens with two attached hydrogens (primary N) is 1. The van der Waals surface area contributed by atoms with Crippen molar-refractivity contribution in [2.24, 2.45) is 12.9 Å². The summed E-state index contributed by atoms with van der Waals surface area (Å²) < 4.78 is 7.37. The molecule has 0 fully saturated rings. The molecule has 0 spiro atoms. The summed E-state index contributed by atoms with van der Waals surface area (Å²) >= 11 is 0. The summed E-state index contributed by atoms with van der Waals surface area (Å²) in [6.45, 7) is 4.38. The van der Waals surface area contributed by atoms with E-state index in [1.54, 1.807) is 36.9 Å². The summed E-state index contributed by atoms with van der Waals surface area (Å²) in [5, 5.41) is 4.75. The molecule has 0 aliphatic rings. The van der Waals surface area contributed by atoms with Crippen molar-refractivity contribution in [1.82, 2.24) is 19.7 Å². The molecule has 0 unspecified atom stereocenters. The summed E-state index contributed by atoms with van der Waals surface area (Å²) in [5.74, 6) is 6.55. The lowest BCUT2D eigenvalue weighted by Gasteiger charge is -2.12. The van der Waals surface area contributed by atoms with Gasteiger partial charge in [-0.05, 0) is 31.5 Å². The Morgan fingerprint density at radius 1 is 1.42 bits per heavy atom.